The number of nitrogens with one attached hydrogen (secondary N) is 1. The molecule has 118 valence electrons. The Kier molecular flexibility index (Phi) is 4.28. The topological polar surface area (TPSA) is 68.8 Å². The molecule has 0 aliphatic rings. The summed E-state index contributed by atoms with van der Waals surface area (Å²) < 4.78 is 1.70. The first-order chi connectivity index (χ1) is 11.1. The maximum Gasteiger partial charge on any atom is 0.248 e. The number of rotatable bonds is 5. The molecule has 1 heterocycles. The van der Waals surface area contributed by atoms with E-state index >= 15 is 0 Å². The van der Waals surface area contributed by atoms with E-state index in [9.17, 15) is 0 Å². The minimum Gasteiger partial charge on any atom is -0.368 e. The van der Waals surface area contributed by atoms with Gasteiger partial charge in [-0.2, -0.15) is 4.98 Å². The number of anilines is 3. The maximum atomic E-state index is 5.97. The molecule has 0 fully saturated rings. The first-order valence-corrected chi connectivity index (χ1v) is 7.73. The van der Waals surface area contributed by atoms with Crippen LogP contribution in [0.4, 0.5) is 17.6 Å². The highest BCUT2D eigenvalue weighted by molar-refractivity contribution is 5.53. The third-order valence-corrected chi connectivity index (χ3v) is 3.71. The summed E-state index contributed by atoms with van der Waals surface area (Å²) in [5, 5.41) is 7.58. The molecule has 0 bridgehead atoms. The third kappa shape index (κ3) is 3.69. The Bertz CT molecular complexity index is 760. The maximum absolute atomic E-state index is 5.97. The molecule has 5 heteroatoms. The molecule has 2 aromatic carbocycles. The zero-order valence-corrected chi connectivity index (χ0v) is 13.4. The van der Waals surface area contributed by atoms with Gasteiger partial charge in [0.1, 0.15) is 0 Å². The number of hydrogen-bond donors (Lipinski definition) is 2. The van der Waals surface area contributed by atoms with E-state index in [4.69, 9.17) is 5.73 Å². The minimum absolute atomic E-state index is 0.399. The lowest BCUT2D eigenvalue weighted by Crippen LogP contribution is -2.06. The van der Waals surface area contributed by atoms with Crippen LogP contribution in [0.15, 0.2) is 54.6 Å². The second-order valence-electron chi connectivity index (χ2n) is 5.84. The fourth-order valence-electron chi connectivity index (χ4n) is 2.35. The van der Waals surface area contributed by atoms with E-state index in [-0.39, 0.29) is 0 Å². The zero-order chi connectivity index (χ0) is 16.2. The first-order valence-electron chi connectivity index (χ1n) is 7.73. The molecule has 5 nitrogen and oxygen atoms in total. The van der Waals surface area contributed by atoms with Gasteiger partial charge >= 0.3 is 0 Å². The van der Waals surface area contributed by atoms with Crippen molar-refractivity contribution in [1.29, 1.82) is 0 Å². The van der Waals surface area contributed by atoms with E-state index in [0.717, 1.165) is 11.3 Å². The molecule has 3 rings (SSSR count). The lowest BCUT2D eigenvalue weighted by molar-refractivity contribution is 0.698. The highest BCUT2D eigenvalue weighted by Crippen LogP contribution is 2.17. The van der Waals surface area contributed by atoms with Crippen LogP contribution in [-0.2, 0) is 6.54 Å². The summed E-state index contributed by atoms with van der Waals surface area (Å²) in [5.74, 6) is 1.44. The average molecular weight is 307 g/mol. The molecule has 0 aliphatic carbocycles. The summed E-state index contributed by atoms with van der Waals surface area (Å²) in [6.45, 7) is 4.98. The van der Waals surface area contributed by atoms with Crippen molar-refractivity contribution < 1.29 is 0 Å². The summed E-state index contributed by atoms with van der Waals surface area (Å²) in [5.41, 5.74) is 9.38. The van der Waals surface area contributed by atoms with Gasteiger partial charge in [0.05, 0.1) is 6.54 Å². The molecule has 0 radical (unpaired) electrons. The fourth-order valence-corrected chi connectivity index (χ4v) is 2.35. The molecule has 0 spiro atoms. The zero-order valence-electron chi connectivity index (χ0n) is 13.4. The van der Waals surface area contributed by atoms with Crippen LogP contribution in [0.1, 0.15) is 30.9 Å². The summed E-state index contributed by atoms with van der Waals surface area (Å²) in [6.07, 6.45) is 0. The molecule has 0 amide bonds. The van der Waals surface area contributed by atoms with Crippen molar-refractivity contribution in [3.63, 3.8) is 0 Å². The van der Waals surface area contributed by atoms with Gasteiger partial charge in [-0.1, -0.05) is 56.3 Å². The van der Waals surface area contributed by atoms with E-state index in [2.05, 4.69) is 53.5 Å². The Morgan fingerprint density at radius 3 is 2.39 bits per heavy atom. The van der Waals surface area contributed by atoms with Crippen LogP contribution in [0.25, 0.3) is 0 Å². The Balaban J connectivity index is 1.73. The summed E-state index contributed by atoms with van der Waals surface area (Å²) in [7, 11) is 0. The van der Waals surface area contributed by atoms with E-state index in [0.29, 0.717) is 24.4 Å². The monoisotopic (exact) mass is 307 g/mol. The molecule has 3 N–H and O–H groups in total. The predicted molar refractivity (Wildman–Crippen MR) is 93.8 cm³/mol. The molecule has 0 saturated heterocycles. The van der Waals surface area contributed by atoms with Crippen molar-refractivity contribution in [2.45, 2.75) is 26.3 Å². The number of aromatic nitrogens is 3. The van der Waals surface area contributed by atoms with Crippen LogP contribution in [-0.4, -0.2) is 14.8 Å². The van der Waals surface area contributed by atoms with Crippen LogP contribution in [0, 0.1) is 0 Å². The summed E-state index contributed by atoms with van der Waals surface area (Å²) >= 11 is 0. The van der Waals surface area contributed by atoms with E-state index < -0.39 is 0 Å². The molecule has 23 heavy (non-hydrogen) atoms. The highest BCUT2D eigenvalue weighted by Gasteiger charge is 2.08. The van der Waals surface area contributed by atoms with E-state index in [1.807, 2.05) is 30.3 Å². The van der Waals surface area contributed by atoms with Gasteiger partial charge in [-0.3, -0.25) is 0 Å². The molecular weight excluding hydrogens is 286 g/mol. The largest absolute Gasteiger partial charge is 0.368 e. The summed E-state index contributed by atoms with van der Waals surface area (Å²) in [6, 6.07) is 18.3. The predicted octanol–water partition coefficient (Wildman–Crippen LogP) is 3.78. The normalized spacial score (nSPS) is 10.9. The third-order valence-electron chi connectivity index (χ3n) is 3.71. The van der Waals surface area contributed by atoms with Crippen LogP contribution < -0.4 is 11.1 Å². The molecular formula is C18H21N5. The van der Waals surface area contributed by atoms with Gasteiger partial charge in [-0.25, -0.2) is 4.68 Å². The van der Waals surface area contributed by atoms with Gasteiger partial charge in [0, 0.05) is 5.69 Å². The molecule has 1 aromatic heterocycles. The number of nitrogens with zero attached hydrogens (tertiary/aromatic N) is 3. The Morgan fingerprint density at radius 1 is 1.04 bits per heavy atom. The van der Waals surface area contributed by atoms with Crippen LogP contribution in [0.2, 0.25) is 0 Å². The molecule has 3 aromatic rings. The SMILES string of the molecule is CC(C)c1ccc(Cn2nc(Nc3ccccc3)nc2N)cc1. The Hall–Kier alpha value is -2.82. The van der Waals surface area contributed by atoms with Crippen LogP contribution in [0.3, 0.4) is 0 Å². The standard InChI is InChI=1S/C18H21N5/c1-13(2)15-10-8-14(9-11-15)12-23-17(19)21-18(22-23)20-16-6-4-3-5-7-16/h3-11,13H,12H2,1-2H3,(H3,19,20,21,22). The fraction of sp³-hybridized carbons (Fsp3) is 0.222. The minimum atomic E-state index is 0.399. The average Bonchev–Trinajstić information content (AvgIpc) is 2.88. The van der Waals surface area contributed by atoms with Crippen molar-refractivity contribution in [1.82, 2.24) is 14.8 Å². The van der Waals surface area contributed by atoms with Crippen LogP contribution >= 0.6 is 0 Å². The van der Waals surface area contributed by atoms with Crippen molar-refractivity contribution in [3.05, 3.63) is 65.7 Å². The molecule has 0 atom stereocenters. The number of hydrogen-bond acceptors (Lipinski definition) is 4. The van der Waals surface area contributed by atoms with Gasteiger partial charge in [-0.05, 0) is 29.2 Å². The second kappa shape index (κ2) is 6.52. The van der Waals surface area contributed by atoms with E-state index in [1.165, 1.54) is 5.56 Å². The molecule has 0 aliphatic heterocycles. The van der Waals surface area contributed by atoms with E-state index in [1.54, 1.807) is 4.68 Å². The smallest absolute Gasteiger partial charge is 0.248 e. The van der Waals surface area contributed by atoms with Crippen molar-refractivity contribution in [2.24, 2.45) is 0 Å². The van der Waals surface area contributed by atoms with Gasteiger partial charge in [0.25, 0.3) is 0 Å². The van der Waals surface area contributed by atoms with Crippen molar-refractivity contribution >= 4 is 17.6 Å². The van der Waals surface area contributed by atoms with Crippen molar-refractivity contribution in [3.8, 4) is 0 Å². The Labute approximate surface area is 136 Å². The highest BCUT2D eigenvalue weighted by atomic mass is 15.4. The van der Waals surface area contributed by atoms with Gasteiger partial charge in [0.2, 0.25) is 11.9 Å². The Morgan fingerprint density at radius 2 is 1.74 bits per heavy atom. The number of para-hydroxylation sites is 1. The lowest BCUT2D eigenvalue weighted by Gasteiger charge is -2.07. The quantitative estimate of drug-likeness (QED) is 0.752. The second-order valence-corrected chi connectivity index (χ2v) is 5.84. The first kappa shape index (κ1) is 15.1. The van der Waals surface area contributed by atoms with Crippen molar-refractivity contribution in [2.75, 3.05) is 11.1 Å². The summed E-state index contributed by atoms with van der Waals surface area (Å²) in [4.78, 5) is 4.27. The van der Waals surface area contributed by atoms with Gasteiger partial charge in [-0.15, -0.1) is 5.10 Å². The number of nitrogens with two attached hydrogens (primary N) is 1. The van der Waals surface area contributed by atoms with Gasteiger partial charge < -0.3 is 11.1 Å². The van der Waals surface area contributed by atoms with Crippen LogP contribution in [0.5, 0.6) is 0 Å². The molecule has 0 saturated carbocycles. The number of nitrogen functional groups attached to an aromatic ring is 1. The molecule has 0 unspecified atom stereocenters. The number of benzene rings is 2. The lowest BCUT2D eigenvalue weighted by atomic mass is 10.0. The van der Waals surface area contributed by atoms with Gasteiger partial charge in [0.15, 0.2) is 0 Å².